The summed E-state index contributed by atoms with van der Waals surface area (Å²) in [7, 11) is 1.60. The third kappa shape index (κ3) is 4.64. The maximum absolute atomic E-state index is 11.9. The Hall–Kier alpha value is -0.610. The molecule has 0 spiro atoms. The second-order valence-electron chi connectivity index (χ2n) is 4.92. The lowest BCUT2D eigenvalue weighted by Crippen LogP contribution is -2.43. The molecular weight excluding hydrogens is 216 g/mol. The van der Waals surface area contributed by atoms with Gasteiger partial charge in [-0.15, -0.1) is 0 Å². The molecule has 1 amide bonds. The van der Waals surface area contributed by atoms with Gasteiger partial charge in [0.05, 0.1) is 12.5 Å². The normalized spacial score (nSPS) is 26.5. The van der Waals surface area contributed by atoms with E-state index in [1.54, 1.807) is 7.11 Å². The fourth-order valence-electron chi connectivity index (χ4n) is 2.62. The average Bonchev–Trinajstić information content (AvgIpc) is 2.36. The SMILES string of the molecule is CCC1CCCCC1NC(=O)CC(CN)OC. The van der Waals surface area contributed by atoms with Crippen molar-refractivity contribution in [2.24, 2.45) is 11.7 Å². The fourth-order valence-corrected chi connectivity index (χ4v) is 2.62. The van der Waals surface area contributed by atoms with Gasteiger partial charge in [-0.1, -0.05) is 26.2 Å². The maximum atomic E-state index is 11.9. The van der Waals surface area contributed by atoms with E-state index in [-0.39, 0.29) is 12.0 Å². The van der Waals surface area contributed by atoms with Crippen LogP contribution in [0.2, 0.25) is 0 Å². The van der Waals surface area contributed by atoms with Gasteiger partial charge in [-0.05, 0) is 18.8 Å². The molecule has 4 heteroatoms. The molecule has 0 aliphatic heterocycles. The minimum atomic E-state index is -0.154. The van der Waals surface area contributed by atoms with Gasteiger partial charge < -0.3 is 15.8 Å². The number of carbonyl (C=O) groups excluding carboxylic acids is 1. The van der Waals surface area contributed by atoms with E-state index in [4.69, 9.17) is 10.5 Å². The molecule has 3 unspecified atom stereocenters. The molecule has 1 fully saturated rings. The molecule has 0 saturated heterocycles. The minimum absolute atomic E-state index is 0.0765. The van der Waals surface area contributed by atoms with Crippen molar-refractivity contribution in [3.8, 4) is 0 Å². The summed E-state index contributed by atoms with van der Waals surface area (Å²) < 4.78 is 5.13. The topological polar surface area (TPSA) is 64.4 Å². The van der Waals surface area contributed by atoms with Crippen molar-refractivity contribution in [1.82, 2.24) is 5.32 Å². The van der Waals surface area contributed by atoms with Gasteiger partial charge >= 0.3 is 0 Å². The highest BCUT2D eigenvalue weighted by Gasteiger charge is 2.25. The molecule has 17 heavy (non-hydrogen) atoms. The number of ether oxygens (including phenoxy) is 1. The summed E-state index contributed by atoms with van der Waals surface area (Å²) in [6, 6.07) is 0.358. The molecule has 1 rings (SSSR count). The highest BCUT2D eigenvalue weighted by Crippen LogP contribution is 2.26. The highest BCUT2D eigenvalue weighted by molar-refractivity contribution is 5.76. The molecule has 0 aromatic rings. The summed E-state index contributed by atoms with van der Waals surface area (Å²) in [5.74, 6) is 0.722. The zero-order chi connectivity index (χ0) is 12.7. The molecule has 1 saturated carbocycles. The van der Waals surface area contributed by atoms with E-state index in [0.717, 1.165) is 12.8 Å². The van der Waals surface area contributed by atoms with Gasteiger partial charge in [0.25, 0.3) is 0 Å². The third-order valence-electron chi connectivity index (χ3n) is 3.79. The van der Waals surface area contributed by atoms with Crippen LogP contribution in [0.25, 0.3) is 0 Å². The molecule has 4 nitrogen and oxygen atoms in total. The minimum Gasteiger partial charge on any atom is -0.380 e. The third-order valence-corrected chi connectivity index (χ3v) is 3.79. The molecule has 0 radical (unpaired) electrons. The molecule has 1 aliphatic rings. The largest absolute Gasteiger partial charge is 0.380 e. The van der Waals surface area contributed by atoms with Crippen LogP contribution < -0.4 is 11.1 Å². The Labute approximate surface area is 104 Å². The summed E-state index contributed by atoms with van der Waals surface area (Å²) in [6.45, 7) is 2.60. The van der Waals surface area contributed by atoms with E-state index in [2.05, 4.69) is 12.2 Å². The number of hydrogen-bond acceptors (Lipinski definition) is 3. The van der Waals surface area contributed by atoms with Crippen molar-refractivity contribution >= 4 is 5.91 Å². The van der Waals surface area contributed by atoms with Crippen molar-refractivity contribution in [3.63, 3.8) is 0 Å². The zero-order valence-corrected chi connectivity index (χ0v) is 11.1. The van der Waals surface area contributed by atoms with Crippen LogP contribution in [0.1, 0.15) is 45.4 Å². The Kier molecular flexibility index (Phi) is 6.52. The first-order chi connectivity index (χ1) is 8.21. The number of hydrogen-bond donors (Lipinski definition) is 2. The van der Waals surface area contributed by atoms with Crippen LogP contribution in [-0.2, 0) is 9.53 Å². The second-order valence-corrected chi connectivity index (χ2v) is 4.92. The quantitative estimate of drug-likeness (QED) is 0.740. The molecule has 0 aromatic heterocycles. The molecule has 0 heterocycles. The summed E-state index contributed by atoms with van der Waals surface area (Å²) >= 11 is 0. The summed E-state index contributed by atoms with van der Waals surface area (Å²) in [6.07, 6.45) is 6.26. The average molecular weight is 242 g/mol. The Morgan fingerprint density at radius 2 is 2.18 bits per heavy atom. The maximum Gasteiger partial charge on any atom is 0.222 e. The first kappa shape index (κ1) is 14.5. The van der Waals surface area contributed by atoms with Crippen LogP contribution in [0.5, 0.6) is 0 Å². The molecule has 0 aromatic carbocycles. The monoisotopic (exact) mass is 242 g/mol. The van der Waals surface area contributed by atoms with E-state index in [1.165, 1.54) is 19.3 Å². The van der Waals surface area contributed by atoms with Crippen molar-refractivity contribution in [1.29, 1.82) is 0 Å². The Bertz CT molecular complexity index is 229. The van der Waals surface area contributed by atoms with E-state index < -0.39 is 0 Å². The van der Waals surface area contributed by atoms with Crippen LogP contribution in [0, 0.1) is 5.92 Å². The fraction of sp³-hybridized carbons (Fsp3) is 0.923. The van der Waals surface area contributed by atoms with Crippen LogP contribution in [-0.4, -0.2) is 31.7 Å². The Morgan fingerprint density at radius 1 is 1.47 bits per heavy atom. The lowest BCUT2D eigenvalue weighted by Gasteiger charge is -2.31. The number of methoxy groups -OCH3 is 1. The molecule has 100 valence electrons. The van der Waals surface area contributed by atoms with Crippen LogP contribution in [0.15, 0.2) is 0 Å². The molecule has 0 bridgehead atoms. The number of nitrogens with two attached hydrogens (primary N) is 1. The van der Waals surface area contributed by atoms with Crippen molar-refractivity contribution in [2.75, 3.05) is 13.7 Å². The van der Waals surface area contributed by atoms with Crippen molar-refractivity contribution < 1.29 is 9.53 Å². The number of carbonyl (C=O) groups is 1. The van der Waals surface area contributed by atoms with E-state index in [1.807, 2.05) is 0 Å². The smallest absolute Gasteiger partial charge is 0.222 e. The van der Waals surface area contributed by atoms with Gasteiger partial charge in [0.15, 0.2) is 0 Å². The molecule has 3 atom stereocenters. The first-order valence-corrected chi connectivity index (χ1v) is 6.73. The molecular formula is C13H26N2O2. The van der Waals surface area contributed by atoms with Crippen LogP contribution in [0.3, 0.4) is 0 Å². The van der Waals surface area contributed by atoms with E-state index in [0.29, 0.717) is 24.9 Å². The van der Waals surface area contributed by atoms with Crippen molar-refractivity contribution in [2.45, 2.75) is 57.6 Å². The lowest BCUT2D eigenvalue weighted by atomic mass is 9.83. The number of rotatable bonds is 6. The zero-order valence-electron chi connectivity index (χ0n) is 11.1. The van der Waals surface area contributed by atoms with E-state index in [9.17, 15) is 4.79 Å². The summed E-state index contributed by atoms with van der Waals surface area (Å²) in [5, 5.41) is 3.14. The molecule has 1 aliphatic carbocycles. The lowest BCUT2D eigenvalue weighted by molar-refractivity contribution is -0.124. The van der Waals surface area contributed by atoms with Crippen LogP contribution >= 0.6 is 0 Å². The summed E-state index contributed by atoms with van der Waals surface area (Å²) in [5.41, 5.74) is 5.51. The number of amides is 1. The molecule has 3 N–H and O–H groups in total. The van der Waals surface area contributed by atoms with Gasteiger partial charge in [0.2, 0.25) is 5.91 Å². The van der Waals surface area contributed by atoms with Gasteiger partial charge in [-0.2, -0.15) is 0 Å². The van der Waals surface area contributed by atoms with Gasteiger partial charge in [-0.25, -0.2) is 0 Å². The standard InChI is InChI=1S/C13H26N2O2/c1-3-10-6-4-5-7-12(10)15-13(16)8-11(9-14)17-2/h10-12H,3-9,14H2,1-2H3,(H,15,16). The van der Waals surface area contributed by atoms with Gasteiger partial charge in [0.1, 0.15) is 0 Å². The predicted octanol–water partition coefficient (Wildman–Crippen LogP) is 1.44. The Balaban J connectivity index is 2.38. The van der Waals surface area contributed by atoms with Gasteiger partial charge in [-0.3, -0.25) is 4.79 Å². The highest BCUT2D eigenvalue weighted by atomic mass is 16.5. The number of nitrogens with one attached hydrogen (secondary N) is 1. The second kappa shape index (κ2) is 7.67. The van der Waals surface area contributed by atoms with Gasteiger partial charge in [0, 0.05) is 19.7 Å². The van der Waals surface area contributed by atoms with Crippen LogP contribution in [0.4, 0.5) is 0 Å². The first-order valence-electron chi connectivity index (χ1n) is 6.73. The van der Waals surface area contributed by atoms with Crippen molar-refractivity contribution in [3.05, 3.63) is 0 Å². The summed E-state index contributed by atoms with van der Waals surface area (Å²) in [4.78, 5) is 11.9. The van der Waals surface area contributed by atoms with E-state index >= 15 is 0 Å². The predicted molar refractivity (Wildman–Crippen MR) is 68.6 cm³/mol. The Morgan fingerprint density at radius 3 is 2.76 bits per heavy atom.